The molecule has 0 aliphatic heterocycles. The van der Waals surface area contributed by atoms with Crippen LogP contribution in [-0.4, -0.2) is 45.8 Å². The van der Waals surface area contributed by atoms with Crippen LogP contribution in [-0.2, 0) is 0 Å². The molecule has 0 aliphatic rings. The molecule has 0 radical (unpaired) electrons. The van der Waals surface area contributed by atoms with E-state index in [0.29, 0.717) is 18.7 Å². The third kappa shape index (κ3) is 4.56. The molecule has 1 amide bonds. The van der Waals surface area contributed by atoms with Gasteiger partial charge in [0.1, 0.15) is 0 Å². The molecule has 1 rings (SSSR count). The molecule has 0 aromatic carbocycles. The Morgan fingerprint density at radius 2 is 2.24 bits per heavy atom. The van der Waals surface area contributed by atoms with Crippen LogP contribution in [0.15, 0.2) is 12.4 Å². The van der Waals surface area contributed by atoms with Crippen molar-refractivity contribution in [1.82, 2.24) is 15.1 Å². The van der Waals surface area contributed by atoms with E-state index in [9.17, 15) is 4.79 Å². The second kappa shape index (κ2) is 7.84. The highest BCUT2D eigenvalue weighted by Crippen LogP contribution is 2.06. The Hall–Kier alpha value is -1.36. The topological polar surface area (TPSA) is 69.2 Å². The maximum absolute atomic E-state index is 12.0. The molecule has 1 heterocycles. The first-order valence-electron chi connectivity index (χ1n) is 6.18. The number of amides is 1. The molecular formula is C12H21N3O2. The predicted octanol–water partition coefficient (Wildman–Crippen LogP) is 1.42. The molecule has 0 bridgehead atoms. The van der Waals surface area contributed by atoms with Crippen LogP contribution in [0.25, 0.3) is 0 Å². The standard InChI is InChI=1S/C12H21N3O2/c1-2-3-4-5-6-15(7-8-16)12(17)11-9-13-14-10-11/h9-10,16H,2-8H2,1H3,(H,13,14). The molecule has 0 fully saturated rings. The molecule has 0 saturated carbocycles. The van der Waals surface area contributed by atoms with Gasteiger partial charge in [0.2, 0.25) is 0 Å². The molecule has 1 aromatic rings. The Balaban J connectivity index is 2.44. The summed E-state index contributed by atoms with van der Waals surface area (Å²) in [6.07, 6.45) is 7.56. The SMILES string of the molecule is CCCCCCN(CCO)C(=O)c1cn[nH]c1. The number of nitrogens with zero attached hydrogens (tertiary/aromatic N) is 2. The van der Waals surface area contributed by atoms with E-state index in [1.54, 1.807) is 11.1 Å². The molecule has 0 unspecified atom stereocenters. The number of nitrogens with one attached hydrogen (secondary N) is 1. The molecule has 17 heavy (non-hydrogen) atoms. The molecule has 0 saturated heterocycles. The number of carbonyl (C=O) groups excluding carboxylic acids is 1. The largest absolute Gasteiger partial charge is 0.395 e. The first kappa shape index (κ1) is 13.7. The van der Waals surface area contributed by atoms with Crippen molar-refractivity contribution in [3.63, 3.8) is 0 Å². The van der Waals surface area contributed by atoms with Gasteiger partial charge in [0.25, 0.3) is 5.91 Å². The van der Waals surface area contributed by atoms with Crippen LogP contribution >= 0.6 is 0 Å². The highest BCUT2D eigenvalue weighted by molar-refractivity contribution is 5.93. The number of aromatic nitrogens is 2. The van der Waals surface area contributed by atoms with Crippen LogP contribution in [0.4, 0.5) is 0 Å². The third-order valence-electron chi connectivity index (χ3n) is 2.68. The van der Waals surface area contributed by atoms with Gasteiger partial charge in [-0.15, -0.1) is 0 Å². The van der Waals surface area contributed by atoms with E-state index in [1.165, 1.54) is 19.0 Å². The Kier molecular flexibility index (Phi) is 6.32. The zero-order chi connectivity index (χ0) is 12.5. The summed E-state index contributed by atoms with van der Waals surface area (Å²) >= 11 is 0. The van der Waals surface area contributed by atoms with Gasteiger partial charge in [-0.1, -0.05) is 26.2 Å². The van der Waals surface area contributed by atoms with Crippen molar-refractivity contribution in [3.8, 4) is 0 Å². The highest BCUT2D eigenvalue weighted by atomic mass is 16.3. The fraction of sp³-hybridized carbons (Fsp3) is 0.667. The number of rotatable bonds is 8. The fourth-order valence-corrected chi connectivity index (χ4v) is 1.72. The van der Waals surface area contributed by atoms with Crippen molar-refractivity contribution in [1.29, 1.82) is 0 Å². The van der Waals surface area contributed by atoms with Gasteiger partial charge in [-0.05, 0) is 6.42 Å². The zero-order valence-electron chi connectivity index (χ0n) is 10.4. The fourth-order valence-electron chi connectivity index (χ4n) is 1.72. The molecule has 5 nitrogen and oxygen atoms in total. The number of H-pyrrole nitrogens is 1. The monoisotopic (exact) mass is 239 g/mol. The number of aliphatic hydroxyl groups excluding tert-OH is 1. The summed E-state index contributed by atoms with van der Waals surface area (Å²) in [6.45, 7) is 3.24. The summed E-state index contributed by atoms with van der Waals surface area (Å²) in [5.41, 5.74) is 0.550. The van der Waals surface area contributed by atoms with E-state index in [-0.39, 0.29) is 12.5 Å². The number of hydrogen-bond acceptors (Lipinski definition) is 3. The lowest BCUT2D eigenvalue weighted by Gasteiger charge is -2.20. The van der Waals surface area contributed by atoms with Crippen molar-refractivity contribution in [2.45, 2.75) is 32.6 Å². The third-order valence-corrected chi connectivity index (χ3v) is 2.68. The molecule has 1 aromatic heterocycles. The summed E-state index contributed by atoms with van der Waals surface area (Å²) < 4.78 is 0. The van der Waals surface area contributed by atoms with E-state index in [4.69, 9.17) is 5.11 Å². The number of aromatic amines is 1. The first-order chi connectivity index (χ1) is 8.29. The second-order valence-corrected chi connectivity index (χ2v) is 4.06. The van der Waals surface area contributed by atoms with E-state index >= 15 is 0 Å². The van der Waals surface area contributed by atoms with E-state index < -0.39 is 0 Å². The van der Waals surface area contributed by atoms with Crippen LogP contribution in [0.5, 0.6) is 0 Å². The van der Waals surface area contributed by atoms with Crippen LogP contribution < -0.4 is 0 Å². The van der Waals surface area contributed by atoms with Crippen LogP contribution in [0.3, 0.4) is 0 Å². The minimum atomic E-state index is -0.0655. The van der Waals surface area contributed by atoms with Gasteiger partial charge >= 0.3 is 0 Å². The van der Waals surface area contributed by atoms with E-state index in [1.807, 2.05) is 0 Å². The Labute approximate surface area is 102 Å². The maximum atomic E-state index is 12.0. The van der Waals surface area contributed by atoms with Crippen molar-refractivity contribution in [2.75, 3.05) is 19.7 Å². The van der Waals surface area contributed by atoms with Crippen molar-refractivity contribution in [2.24, 2.45) is 0 Å². The van der Waals surface area contributed by atoms with Gasteiger partial charge in [0.15, 0.2) is 0 Å². The summed E-state index contributed by atoms with van der Waals surface area (Å²) in [6, 6.07) is 0. The molecule has 2 N–H and O–H groups in total. The number of unbranched alkanes of at least 4 members (excludes halogenated alkanes) is 3. The smallest absolute Gasteiger partial charge is 0.257 e. The Bertz CT molecular complexity index is 312. The molecule has 0 atom stereocenters. The van der Waals surface area contributed by atoms with Crippen LogP contribution in [0, 0.1) is 0 Å². The molecule has 0 aliphatic carbocycles. The number of aliphatic hydroxyl groups is 1. The summed E-state index contributed by atoms with van der Waals surface area (Å²) in [7, 11) is 0. The lowest BCUT2D eigenvalue weighted by atomic mass is 10.2. The quantitative estimate of drug-likeness (QED) is 0.674. The van der Waals surface area contributed by atoms with Crippen LogP contribution in [0.2, 0.25) is 0 Å². The average molecular weight is 239 g/mol. The van der Waals surface area contributed by atoms with Crippen LogP contribution in [0.1, 0.15) is 43.0 Å². The zero-order valence-corrected chi connectivity index (χ0v) is 10.4. The van der Waals surface area contributed by atoms with E-state index in [0.717, 1.165) is 12.8 Å². The van der Waals surface area contributed by atoms with Gasteiger partial charge < -0.3 is 10.0 Å². The molecule has 96 valence electrons. The average Bonchev–Trinajstić information content (AvgIpc) is 2.86. The minimum Gasteiger partial charge on any atom is -0.395 e. The summed E-state index contributed by atoms with van der Waals surface area (Å²) in [5, 5.41) is 15.4. The maximum Gasteiger partial charge on any atom is 0.257 e. The minimum absolute atomic E-state index is 0.00261. The van der Waals surface area contributed by atoms with Gasteiger partial charge in [-0.3, -0.25) is 9.89 Å². The van der Waals surface area contributed by atoms with Gasteiger partial charge in [0, 0.05) is 19.3 Å². The number of hydrogen-bond donors (Lipinski definition) is 2. The lowest BCUT2D eigenvalue weighted by Crippen LogP contribution is -2.34. The molecule has 5 heteroatoms. The lowest BCUT2D eigenvalue weighted by molar-refractivity contribution is 0.0718. The summed E-state index contributed by atoms with van der Waals surface area (Å²) in [4.78, 5) is 13.7. The van der Waals surface area contributed by atoms with Crippen molar-refractivity contribution < 1.29 is 9.90 Å². The van der Waals surface area contributed by atoms with Crippen molar-refractivity contribution >= 4 is 5.91 Å². The molecule has 0 spiro atoms. The highest BCUT2D eigenvalue weighted by Gasteiger charge is 2.15. The normalized spacial score (nSPS) is 10.5. The first-order valence-corrected chi connectivity index (χ1v) is 6.18. The van der Waals surface area contributed by atoms with E-state index in [2.05, 4.69) is 17.1 Å². The predicted molar refractivity (Wildman–Crippen MR) is 65.7 cm³/mol. The summed E-state index contributed by atoms with van der Waals surface area (Å²) in [5.74, 6) is -0.0655. The Morgan fingerprint density at radius 1 is 1.41 bits per heavy atom. The second-order valence-electron chi connectivity index (χ2n) is 4.06. The molecular weight excluding hydrogens is 218 g/mol. The Morgan fingerprint density at radius 3 is 2.82 bits per heavy atom. The number of carbonyl (C=O) groups is 1. The van der Waals surface area contributed by atoms with Gasteiger partial charge in [-0.25, -0.2) is 0 Å². The van der Waals surface area contributed by atoms with Gasteiger partial charge in [-0.2, -0.15) is 5.10 Å². The van der Waals surface area contributed by atoms with Gasteiger partial charge in [0.05, 0.1) is 18.4 Å². The van der Waals surface area contributed by atoms with Crippen molar-refractivity contribution in [3.05, 3.63) is 18.0 Å².